The number of rotatable bonds is 10. The van der Waals surface area contributed by atoms with Gasteiger partial charge in [-0.3, -0.25) is 0 Å². The topological polar surface area (TPSA) is 101 Å². The Bertz CT molecular complexity index is 951. The summed E-state index contributed by atoms with van der Waals surface area (Å²) in [6.45, 7) is 13.8. The molecule has 0 aromatic heterocycles. The summed E-state index contributed by atoms with van der Waals surface area (Å²) in [4.78, 5) is 37.9. The normalized spacial score (nSPS) is 13.4. The summed E-state index contributed by atoms with van der Waals surface area (Å²) >= 11 is 0. The first-order valence-electron chi connectivity index (χ1n) is 10.8. The van der Waals surface area contributed by atoms with Crippen LogP contribution in [0, 0.1) is 0 Å². The van der Waals surface area contributed by atoms with Crippen molar-refractivity contribution in [2.45, 2.75) is 39.9 Å². The number of carbonyl (C=O) groups excluding carboxylic acids is 3. The van der Waals surface area contributed by atoms with Crippen molar-refractivity contribution in [3.8, 4) is 11.5 Å². The third-order valence-electron chi connectivity index (χ3n) is 4.46. The average Bonchev–Trinajstić information content (AvgIpc) is 2.75. The first kappa shape index (κ1) is 26.5. The van der Waals surface area contributed by atoms with Gasteiger partial charge in [0.1, 0.15) is 36.9 Å². The molecule has 1 aromatic rings. The summed E-state index contributed by atoms with van der Waals surface area (Å²) in [7, 11) is 0. The summed E-state index contributed by atoms with van der Waals surface area (Å²) in [5, 5.41) is 0. The number of benzene rings is 1. The van der Waals surface area contributed by atoms with Crippen molar-refractivity contribution in [2.75, 3.05) is 26.4 Å². The third-order valence-corrected chi connectivity index (χ3v) is 4.46. The number of hydrogen-bond donors (Lipinski definition) is 0. The van der Waals surface area contributed by atoms with Gasteiger partial charge in [-0.2, -0.15) is 0 Å². The predicted molar refractivity (Wildman–Crippen MR) is 125 cm³/mol. The van der Waals surface area contributed by atoms with E-state index < -0.39 is 23.9 Å². The highest BCUT2D eigenvalue weighted by Crippen LogP contribution is 2.37. The predicted octanol–water partition coefficient (Wildman–Crippen LogP) is 4.81. The van der Waals surface area contributed by atoms with E-state index in [1.54, 1.807) is 26.0 Å². The number of esters is 1. The van der Waals surface area contributed by atoms with E-state index in [4.69, 9.17) is 23.7 Å². The Morgan fingerprint density at radius 3 is 2.24 bits per heavy atom. The van der Waals surface area contributed by atoms with Crippen LogP contribution >= 0.6 is 0 Å². The Hall–Kier alpha value is -3.75. The maximum absolute atomic E-state index is 12.6. The van der Waals surface area contributed by atoms with E-state index in [1.807, 2.05) is 19.9 Å². The zero-order valence-electron chi connectivity index (χ0n) is 20.0. The lowest BCUT2D eigenvalue weighted by Gasteiger charge is -2.32. The number of carbonyl (C=O) groups is 3. The second-order valence-corrected chi connectivity index (χ2v) is 8.06. The Kier molecular flexibility index (Phi) is 9.29. The van der Waals surface area contributed by atoms with E-state index in [0.717, 1.165) is 10.5 Å². The van der Waals surface area contributed by atoms with Gasteiger partial charge in [-0.15, -0.1) is 0 Å². The first-order chi connectivity index (χ1) is 16.1. The molecule has 0 saturated carbocycles. The van der Waals surface area contributed by atoms with Gasteiger partial charge in [-0.05, 0) is 31.9 Å². The molecule has 0 fully saturated rings. The highest BCUT2D eigenvalue weighted by Gasteiger charge is 2.36. The van der Waals surface area contributed by atoms with Crippen LogP contribution in [0.3, 0.4) is 0 Å². The maximum atomic E-state index is 12.6. The van der Waals surface area contributed by atoms with Crippen LogP contribution in [0.1, 0.15) is 43.6 Å². The Morgan fingerprint density at radius 2 is 1.68 bits per heavy atom. The lowest BCUT2D eigenvalue weighted by molar-refractivity contribution is -0.127. The lowest BCUT2D eigenvalue weighted by Crippen LogP contribution is -2.40. The Balaban J connectivity index is 2.23. The van der Waals surface area contributed by atoms with E-state index in [0.29, 0.717) is 29.0 Å². The minimum Gasteiger partial charge on any atom is -0.492 e. The molecule has 0 N–H and O–H groups in total. The van der Waals surface area contributed by atoms with Gasteiger partial charge in [0, 0.05) is 19.9 Å². The van der Waals surface area contributed by atoms with Crippen molar-refractivity contribution in [2.24, 2.45) is 0 Å². The molecule has 0 radical (unpaired) electrons. The molecule has 0 bridgehead atoms. The zero-order chi connectivity index (χ0) is 25.3. The Labute approximate surface area is 199 Å². The van der Waals surface area contributed by atoms with Crippen LogP contribution in [0.2, 0.25) is 0 Å². The van der Waals surface area contributed by atoms with E-state index in [9.17, 15) is 14.4 Å². The van der Waals surface area contributed by atoms with Crippen LogP contribution < -0.4 is 9.47 Å². The van der Waals surface area contributed by atoms with Gasteiger partial charge < -0.3 is 23.7 Å². The van der Waals surface area contributed by atoms with E-state index in [1.165, 1.54) is 12.2 Å². The molecule has 9 nitrogen and oxygen atoms in total. The quantitative estimate of drug-likeness (QED) is 0.271. The first-order valence-corrected chi connectivity index (χ1v) is 10.8. The number of allylic oxidation sites excluding steroid dienone is 2. The van der Waals surface area contributed by atoms with Gasteiger partial charge in [-0.25, -0.2) is 19.3 Å². The molecule has 1 aliphatic rings. The average molecular weight is 474 g/mol. The molecule has 0 unspecified atom stereocenters. The molecule has 2 rings (SSSR count). The van der Waals surface area contributed by atoms with Crippen LogP contribution in [-0.4, -0.2) is 55.2 Å². The highest BCUT2D eigenvalue weighted by atomic mass is 16.7. The van der Waals surface area contributed by atoms with E-state index in [-0.39, 0.29) is 26.4 Å². The Morgan fingerprint density at radius 1 is 1.06 bits per heavy atom. The highest BCUT2D eigenvalue weighted by molar-refractivity contribution is 5.95. The number of ether oxygens (including phenoxy) is 5. The lowest BCUT2D eigenvalue weighted by atomic mass is 10.0. The smallest absolute Gasteiger partial charge is 0.419 e. The van der Waals surface area contributed by atoms with Gasteiger partial charge in [0.25, 0.3) is 0 Å². The van der Waals surface area contributed by atoms with Crippen LogP contribution in [0.4, 0.5) is 9.59 Å². The summed E-state index contributed by atoms with van der Waals surface area (Å²) in [6.07, 6.45) is 3.43. The fourth-order valence-electron chi connectivity index (χ4n) is 3.00. The second kappa shape index (κ2) is 11.9. The van der Waals surface area contributed by atoms with Crippen molar-refractivity contribution in [3.05, 3.63) is 60.2 Å². The monoisotopic (exact) mass is 473 g/mol. The summed E-state index contributed by atoms with van der Waals surface area (Å²) in [5.41, 5.74) is 2.09. The SMILES string of the molecule is C=CCOC(=O)N(CCOc1cc(CC=C(C)C)c2c(c1)OC(C)(C)OC2=O)C(=O)OCC=C. The molecule has 0 saturated heterocycles. The minimum atomic E-state index is -1.13. The molecule has 0 aliphatic carbocycles. The molecule has 1 aromatic carbocycles. The fraction of sp³-hybridized carbons (Fsp3) is 0.400. The van der Waals surface area contributed by atoms with Crippen molar-refractivity contribution in [1.82, 2.24) is 4.90 Å². The van der Waals surface area contributed by atoms with Gasteiger partial charge in [0.05, 0.1) is 6.54 Å². The zero-order valence-corrected chi connectivity index (χ0v) is 20.0. The minimum absolute atomic E-state index is 0.0545. The molecule has 0 atom stereocenters. The number of nitrogens with zero attached hydrogens (tertiary/aromatic N) is 1. The second-order valence-electron chi connectivity index (χ2n) is 8.06. The van der Waals surface area contributed by atoms with Crippen LogP contribution in [-0.2, 0) is 20.6 Å². The van der Waals surface area contributed by atoms with Gasteiger partial charge in [0.2, 0.25) is 5.79 Å². The number of hydrogen-bond acceptors (Lipinski definition) is 8. The van der Waals surface area contributed by atoms with E-state index >= 15 is 0 Å². The standard InChI is InChI=1S/C25H31NO8/c1-7-12-31-23(28)26(24(29)32-13-8-2)11-14-30-19-15-18(10-9-17(3)4)21-20(16-19)33-25(5,6)34-22(21)27/h7-9,15-16H,1-2,10-14H2,3-6H3. The summed E-state index contributed by atoms with van der Waals surface area (Å²) in [5.74, 6) is -0.864. The maximum Gasteiger partial charge on any atom is 0.419 e. The molecule has 0 spiro atoms. The van der Waals surface area contributed by atoms with Gasteiger partial charge in [-0.1, -0.05) is 37.0 Å². The molecule has 9 heteroatoms. The largest absolute Gasteiger partial charge is 0.492 e. The molecule has 2 amide bonds. The summed E-state index contributed by atoms with van der Waals surface area (Å²) in [6, 6.07) is 3.29. The number of cyclic esters (lactones) is 1. The molecular weight excluding hydrogens is 442 g/mol. The van der Waals surface area contributed by atoms with Crippen molar-refractivity contribution in [1.29, 1.82) is 0 Å². The van der Waals surface area contributed by atoms with Crippen molar-refractivity contribution < 1.29 is 38.1 Å². The number of fused-ring (bicyclic) bond motifs is 1. The van der Waals surface area contributed by atoms with Crippen LogP contribution in [0.5, 0.6) is 11.5 Å². The number of amides is 2. The molecule has 184 valence electrons. The molecule has 1 heterocycles. The van der Waals surface area contributed by atoms with Crippen molar-refractivity contribution >= 4 is 18.2 Å². The van der Waals surface area contributed by atoms with E-state index in [2.05, 4.69) is 13.2 Å². The third kappa shape index (κ3) is 7.40. The van der Waals surface area contributed by atoms with Gasteiger partial charge in [0.15, 0.2) is 0 Å². The molecule has 34 heavy (non-hydrogen) atoms. The molecular formula is C25H31NO8. The molecule has 1 aliphatic heterocycles. The summed E-state index contributed by atoms with van der Waals surface area (Å²) < 4.78 is 26.9. The van der Waals surface area contributed by atoms with Crippen LogP contribution in [0.15, 0.2) is 49.1 Å². The fourth-order valence-corrected chi connectivity index (χ4v) is 3.00. The van der Waals surface area contributed by atoms with Crippen LogP contribution in [0.25, 0.3) is 0 Å². The number of imide groups is 1. The van der Waals surface area contributed by atoms with Gasteiger partial charge >= 0.3 is 18.2 Å². The van der Waals surface area contributed by atoms with Crippen molar-refractivity contribution in [3.63, 3.8) is 0 Å².